The Kier molecular flexibility index (Phi) is 4.55. The van der Waals surface area contributed by atoms with Crippen molar-refractivity contribution in [2.24, 2.45) is 0 Å². The van der Waals surface area contributed by atoms with E-state index >= 15 is 0 Å². The Bertz CT molecular complexity index is 453. The molecule has 1 heterocycles. The number of ketones is 1. The van der Waals surface area contributed by atoms with E-state index in [0.29, 0.717) is 19.4 Å². The van der Waals surface area contributed by atoms with Gasteiger partial charge in [-0.2, -0.15) is 0 Å². The molecule has 0 spiro atoms. The van der Waals surface area contributed by atoms with Crippen LogP contribution < -0.4 is 9.64 Å². The van der Waals surface area contributed by atoms with E-state index in [9.17, 15) is 9.59 Å². The van der Waals surface area contributed by atoms with Gasteiger partial charge in [0, 0.05) is 25.1 Å². The summed E-state index contributed by atoms with van der Waals surface area (Å²) < 4.78 is 5.55. The van der Waals surface area contributed by atoms with Crippen LogP contribution in [-0.4, -0.2) is 24.8 Å². The maximum atomic E-state index is 11.6. The first-order valence-corrected chi connectivity index (χ1v) is 6.69. The van der Waals surface area contributed by atoms with Gasteiger partial charge in [0.15, 0.2) is 0 Å². The molecule has 102 valence electrons. The van der Waals surface area contributed by atoms with Gasteiger partial charge in [0.05, 0.1) is 6.61 Å². The second-order valence-electron chi connectivity index (χ2n) is 4.80. The Balaban J connectivity index is 1.84. The van der Waals surface area contributed by atoms with E-state index in [2.05, 4.69) is 0 Å². The Hall–Kier alpha value is -1.84. The molecule has 0 atom stereocenters. The van der Waals surface area contributed by atoms with Gasteiger partial charge in [-0.3, -0.25) is 4.79 Å². The van der Waals surface area contributed by atoms with Gasteiger partial charge in [0.1, 0.15) is 11.5 Å². The lowest BCUT2D eigenvalue weighted by Gasteiger charge is -2.16. The summed E-state index contributed by atoms with van der Waals surface area (Å²) in [7, 11) is 0. The third-order valence-electron chi connectivity index (χ3n) is 3.16. The number of Topliss-reactive ketones (excluding diaryl/α,β-unsaturated/α-hetero) is 1. The maximum Gasteiger partial charge on any atom is 0.227 e. The fourth-order valence-corrected chi connectivity index (χ4v) is 2.15. The van der Waals surface area contributed by atoms with E-state index in [1.54, 1.807) is 11.8 Å². The van der Waals surface area contributed by atoms with Crippen molar-refractivity contribution in [3.05, 3.63) is 24.3 Å². The van der Waals surface area contributed by atoms with Gasteiger partial charge in [-0.05, 0) is 44.0 Å². The second kappa shape index (κ2) is 6.36. The summed E-state index contributed by atoms with van der Waals surface area (Å²) >= 11 is 0. The van der Waals surface area contributed by atoms with Crippen molar-refractivity contribution < 1.29 is 14.3 Å². The van der Waals surface area contributed by atoms with E-state index in [1.807, 2.05) is 24.3 Å². The van der Waals surface area contributed by atoms with Gasteiger partial charge in [-0.1, -0.05) is 0 Å². The SMILES string of the molecule is CC(=O)CCCOc1ccc(N2CCCC2=O)cc1. The lowest BCUT2D eigenvalue weighted by molar-refractivity contribution is -0.117. The second-order valence-corrected chi connectivity index (χ2v) is 4.80. The molecule has 4 nitrogen and oxygen atoms in total. The molecular weight excluding hydrogens is 242 g/mol. The molecule has 0 bridgehead atoms. The summed E-state index contributed by atoms with van der Waals surface area (Å²) in [5.41, 5.74) is 0.929. The zero-order chi connectivity index (χ0) is 13.7. The van der Waals surface area contributed by atoms with Crippen LogP contribution in [0.15, 0.2) is 24.3 Å². The Labute approximate surface area is 113 Å². The summed E-state index contributed by atoms with van der Waals surface area (Å²) in [4.78, 5) is 24.2. The Morgan fingerprint density at radius 1 is 1.32 bits per heavy atom. The van der Waals surface area contributed by atoms with E-state index < -0.39 is 0 Å². The number of hydrogen-bond acceptors (Lipinski definition) is 3. The summed E-state index contributed by atoms with van der Waals surface area (Å²) in [5.74, 6) is 1.15. The van der Waals surface area contributed by atoms with Crippen LogP contribution >= 0.6 is 0 Å². The monoisotopic (exact) mass is 261 g/mol. The summed E-state index contributed by atoms with van der Waals surface area (Å²) in [6, 6.07) is 7.55. The first-order valence-electron chi connectivity index (χ1n) is 6.69. The molecule has 0 N–H and O–H groups in total. The van der Waals surface area contributed by atoms with Gasteiger partial charge in [0.25, 0.3) is 0 Å². The molecule has 0 unspecified atom stereocenters. The minimum Gasteiger partial charge on any atom is -0.494 e. The van der Waals surface area contributed by atoms with E-state index in [0.717, 1.165) is 30.8 Å². The van der Waals surface area contributed by atoms with Crippen molar-refractivity contribution in [3.8, 4) is 5.75 Å². The molecule has 0 saturated carbocycles. The van der Waals surface area contributed by atoms with E-state index in [4.69, 9.17) is 4.74 Å². The predicted octanol–water partition coefficient (Wildman–Crippen LogP) is 2.56. The van der Waals surface area contributed by atoms with Crippen molar-refractivity contribution in [1.82, 2.24) is 0 Å². The van der Waals surface area contributed by atoms with Crippen LogP contribution in [0.5, 0.6) is 5.75 Å². The van der Waals surface area contributed by atoms with Crippen LogP contribution in [0.4, 0.5) is 5.69 Å². The van der Waals surface area contributed by atoms with Crippen LogP contribution in [0.25, 0.3) is 0 Å². The van der Waals surface area contributed by atoms with Crippen LogP contribution in [0, 0.1) is 0 Å². The molecule has 4 heteroatoms. The molecule has 19 heavy (non-hydrogen) atoms. The van der Waals surface area contributed by atoms with Crippen molar-refractivity contribution >= 4 is 17.4 Å². The highest BCUT2D eigenvalue weighted by Crippen LogP contribution is 2.23. The molecule has 1 aliphatic heterocycles. The molecule has 0 aliphatic carbocycles. The maximum absolute atomic E-state index is 11.6. The third-order valence-corrected chi connectivity index (χ3v) is 3.16. The largest absolute Gasteiger partial charge is 0.494 e. The minimum absolute atomic E-state index is 0.187. The first kappa shape index (κ1) is 13.6. The number of amides is 1. The van der Waals surface area contributed by atoms with Crippen molar-refractivity contribution in [1.29, 1.82) is 0 Å². The molecule has 0 radical (unpaired) electrons. The van der Waals surface area contributed by atoms with Crippen molar-refractivity contribution in [3.63, 3.8) is 0 Å². The van der Waals surface area contributed by atoms with Crippen molar-refractivity contribution in [2.45, 2.75) is 32.6 Å². The van der Waals surface area contributed by atoms with E-state index in [1.165, 1.54) is 0 Å². The molecule has 1 fully saturated rings. The number of ether oxygens (including phenoxy) is 1. The zero-order valence-electron chi connectivity index (χ0n) is 11.2. The molecule has 1 aromatic rings. The molecular formula is C15H19NO3. The number of anilines is 1. The quantitative estimate of drug-likeness (QED) is 0.739. The molecule has 2 rings (SSSR count). The standard InChI is InChI=1S/C15H19NO3/c1-12(17)4-3-11-19-14-8-6-13(7-9-14)16-10-2-5-15(16)18/h6-9H,2-5,10-11H2,1H3. The third kappa shape index (κ3) is 3.81. The average Bonchev–Trinajstić information content (AvgIpc) is 2.81. The fraction of sp³-hybridized carbons (Fsp3) is 0.467. The number of benzene rings is 1. The number of nitrogens with zero attached hydrogens (tertiary/aromatic N) is 1. The zero-order valence-corrected chi connectivity index (χ0v) is 11.2. The van der Waals surface area contributed by atoms with Gasteiger partial charge in [0.2, 0.25) is 5.91 Å². The van der Waals surface area contributed by atoms with Gasteiger partial charge in [-0.25, -0.2) is 0 Å². The molecule has 1 aromatic carbocycles. The average molecular weight is 261 g/mol. The van der Waals surface area contributed by atoms with Crippen LogP contribution in [0.3, 0.4) is 0 Å². The van der Waals surface area contributed by atoms with Crippen LogP contribution in [0.2, 0.25) is 0 Å². The number of rotatable bonds is 6. The van der Waals surface area contributed by atoms with Gasteiger partial charge < -0.3 is 14.4 Å². The number of hydrogen-bond donors (Lipinski definition) is 0. The highest BCUT2D eigenvalue weighted by molar-refractivity contribution is 5.95. The summed E-state index contributed by atoms with van der Waals surface area (Å²) in [6.07, 6.45) is 2.87. The Morgan fingerprint density at radius 2 is 2.05 bits per heavy atom. The molecule has 0 aromatic heterocycles. The number of carbonyl (C=O) groups is 2. The smallest absolute Gasteiger partial charge is 0.227 e. The topological polar surface area (TPSA) is 46.6 Å². The first-order chi connectivity index (χ1) is 9.16. The normalized spacial score (nSPS) is 14.8. The highest BCUT2D eigenvalue weighted by Gasteiger charge is 2.21. The molecule has 1 saturated heterocycles. The fourth-order valence-electron chi connectivity index (χ4n) is 2.15. The van der Waals surface area contributed by atoms with E-state index in [-0.39, 0.29) is 11.7 Å². The lowest BCUT2D eigenvalue weighted by atomic mass is 10.2. The van der Waals surface area contributed by atoms with Crippen molar-refractivity contribution in [2.75, 3.05) is 18.1 Å². The lowest BCUT2D eigenvalue weighted by Crippen LogP contribution is -2.23. The van der Waals surface area contributed by atoms with Crippen LogP contribution in [-0.2, 0) is 9.59 Å². The Morgan fingerprint density at radius 3 is 2.63 bits per heavy atom. The summed E-state index contributed by atoms with van der Waals surface area (Å²) in [5, 5.41) is 0. The number of carbonyl (C=O) groups excluding carboxylic acids is 2. The molecule has 1 aliphatic rings. The van der Waals surface area contributed by atoms with Gasteiger partial charge in [-0.15, -0.1) is 0 Å². The van der Waals surface area contributed by atoms with Crippen LogP contribution in [0.1, 0.15) is 32.6 Å². The summed E-state index contributed by atoms with van der Waals surface area (Å²) in [6.45, 7) is 2.93. The predicted molar refractivity (Wildman–Crippen MR) is 73.4 cm³/mol. The molecule has 1 amide bonds. The minimum atomic E-state index is 0.187. The van der Waals surface area contributed by atoms with Gasteiger partial charge >= 0.3 is 0 Å². The highest BCUT2D eigenvalue weighted by atomic mass is 16.5.